The molecule has 4 nitrogen and oxygen atoms in total. The number of aromatic hydroxyl groups is 2. The first kappa shape index (κ1) is 13.7. The lowest BCUT2D eigenvalue weighted by Crippen LogP contribution is -2.12. The fourth-order valence-electron chi connectivity index (χ4n) is 1.64. The zero-order chi connectivity index (χ0) is 14.0. The summed E-state index contributed by atoms with van der Waals surface area (Å²) in [6.45, 7) is 1.79. The Bertz CT molecular complexity index is 641. The molecule has 3 N–H and O–H groups in total. The quantitative estimate of drug-likeness (QED) is 0.562. The molecule has 0 bridgehead atoms. The van der Waals surface area contributed by atoms with Gasteiger partial charge in [-0.3, -0.25) is 4.79 Å². The van der Waals surface area contributed by atoms with Crippen LogP contribution >= 0.6 is 22.6 Å². The Kier molecular flexibility index (Phi) is 3.94. The van der Waals surface area contributed by atoms with Crippen LogP contribution < -0.4 is 5.32 Å². The largest absolute Gasteiger partial charge is 0.508 e. The molecule has 98 valence electrons. The first-order valence-electron chi connectivity index (χ1n) is 5.57. The summed E-state index contributed by atoms with van der Waals surface area (Å²) in [5, 5.41) is 21.6. The zero-order valence-electron chi connectivity index (χ0n) is 10.1. The van der Waals surface area contributed by atoms with Gasteiger partial charge in [0.2, 0.25) is 0 Å². The van der Waals surface area contributed by atoms with E-state index in [9.17, 15) is 15.0 Å². The van der Waals surface area contributed by atoms with Crippen molar-refractivity contribution in [1.29, 1.82) is 0 Å². The van der Waals surface area contributed by atoms with Crippen molar-refractivity contribution in [2.45, 2.75) is 6.92 Å². The van der Waals surface area contributed by atoms with E-state index in [1.54, 1.807) is 31.2 Å². The van der Waals surface area contributed by atoms with Crippen molar-refractivity contribution in [2.75, 3.05) is 5.32 Å². The summed E-state index contributed by atoms with van der Waals surface area (Å²) in [5.41, 5.74) is 1.77. The number of amides is 1. The van der Waals surface area contributed by atoms with E-state index in [1.807, 2.05) is 22.6 Å². The smallest absolute Gasteiger partial charge is 0.255 e. The summed E-state index contributed by atoms with van der Waals surface area (Å²) < 4.78 is 0.690. The molecule has 0 radical (unpaired) electrons. The van der Waals surface area contributed by atoms with Gasteiger partial charge in [-0.2, -0.15) is 0 Å². The fourth-order valence-corrected chi connectivity index (χ4v) is 1.97. The van der Waals surface area contributed by atoms with E-state index in [0.29, 0.717) is 14.8 Å². The minimum absolute atomic E-state index is 0.0793. The molecule has 0 aliphatic rings. The first-order chi connectivity index (χ1) is 8.97. The molecule has 0 atom stereocenters. The number of carbonyl (C=O) groups excluding carboxylic acids is 1. The van der Waals surface area contributed by atoms with Crippen LogP contribution in [0.4, 0.5) is 5.69 Å². The van der Waals surface area contributed by atoms with E-state index in [2.05, 4.69) is 5.32 Å². The second-order valence-corrected chi connectivity index (χ2v) is 5.28. The van der Waals surface area contributed by atoms with E-state index in [0.717, 1.165) is 5.56 Å². The van der Waals surface area contributed by atoms with E-state index < -0.39 is 0 Å². The molecular weight excluding hydrogens is 357 g/mol. The number of nitrogens with one attached hydrogen (secondary N) is 1. The Hall–Kier alpha value is -1.76. The topological polar surface area (TPSA) is 69.6 Å². The Morgan fingerprint density at radius 2 is 1.89 bits per heavy atom. The number of phenolic OH excluding ortho intramolecular Hbond substituents is 2. The van der Waals surface area contributed by atoms with Gasteiger partial charge in [0.05, 0.1) is 3.57 Å². The van der Waals surface area contributed by atoms with Crippen LogP contribution in [0.15, 0.2) is 36.4 Å². The lowest BCUT2D eigenvalue weighted by atomic mass is 10.1. The van der Waals surface area contributed by atoms with Crippen molar-refractivity contribution < 1.29 is 15.0 Å². The van der Waals surface area contributed by atoms with Crippen molar-refractivity contribution >= 4 is 34.2 Å². The highest BCUT2D eigenvalue weighted by Gasteiger charge is 2.10. The van der Waals surface area contributed by atoms with Gasteiger partial charge in [0.25, 0.3) is 5.91 Å². The van der Waals surface area contributed by atoms with Crippen LogP contribution in [0, 0.1) is 10.5 Å². The molecule has 2 aromatic rings. The maximum Gasteiger partial charge on any atom is 0.255 e. The van der Waals surface area contributed by atoms with Gasteiger partial charge < -0.3 is 15.5 Å². The number of hydrogen-bond donors (Lipinski definition) is 3. The molecule has 0 heterocycles. The van der Waals surface area contributed by atoms with Crippen LogP contribution in [0.3, 0.4) is 0 Å². The van der Waals surface area contributed by atoms with Crippen LogP contribution in [-0.4, -0.2) is 16.1 Å². The third kappa shape index (κ3) is 3.17. The summed E-state index contributed by atoms with van der Waals surface area (Å²) >= 11 is 1.99. The average molecular weight is 369 g/mol. The predicted molar refractivity (Wildman–Crippen MR) is 81.6 cm³/mol. The molecule has 0 saturated heterocycles. The minimum Gasteiger partial charge on any atom is -0.508 e. The second-order valence-electron chi connectivity index (χ2n) is 4.12. The first-order valence-corrected chi connectivity index (χ1v) is 6.65. The summed E-state index contributed by atoms with van der Waals surface area (Å²) in [6, 6.07) is 9.46. The number of benzene rings is 2. The van der Waals surface area contributed by atoms with E-state index in [-0.39, 0.29) is 17.4 Å². The number of carbonyl (C=O) groups is 1. The van der Waals surface area contributed by atoms with Crippen molar-refractivity contribution in [1.82, 2.24) is 0 Å². The second kappa shape index (κ2) is 5.48. The Morgan fingerprint density at radius 1 is 1.16 bits per heavy atom. The molecule has 0 unspecified atom stereocenters. The van der Waals surface area contributed by atoms with Gasteiger partial charge in [0, 0.05) is 11.3 Å². The minimum atomic E-state index is -0.305. The lowest BCUT2D eigenvalue weighted by molar-refractivity contribution is 0.102. The molecule has 0 saturated carbocycles. The Labute approximate surface area is 124 Å². The lowest BCUT2D eigenvalue weighted by Gasteiger charge is -2.09. The van der Waals surface area contributed by atoms with Crippen LogP contribution in [0.1, 0.15) is 15.9 Å². The van der Waals surface area contributed by atoms with Gasteiger partial charge in [0.1, 0.15) is 11.5 Å². The van der Waals surface area contributed by atoms with Gasteiger partial charge in [-0.15, -0.1) is 0 Å². The Morgan fingerprint density at radius 3 is 2.53 bits per heavy atom. The summed E-state index contributed by atoms with van der Waals surface area (Å²) in [7, 11) is 0. The highest BCUT2D eigenvalue weighted by molar-refractivity contribution is 14.1. The number of aryl methyl sites for hydroxylation is 1. The van der Waals surface area contributed by atoms with Crippen molar-refractivity contribution in [3.63, 3.8) is 0 Å². The highest BCUT2D eigenvalue weighted by atomic mass is 127. The van der Waals surface area contributed by atoms with Crippen LogP contribution in [0.2, 0.25) is 0 Å². The van der Waals surface area contributed by atoms with Gasteiger partial charge >= 0.3 is 0 Å². The molecular formula is C14H12INO3. The molecule has 0 spiro atoms. The molecule has 0 aliphatic heterocycles. The van der Waals surface area contributed by atoms with E-state index in [4.69, 9.17) is 0 Å². The van der Waals surface area contributed by atoms with E-state index >= 15 is 0 Å². The number of halogens is 1. The van der Waals surface area contributed by atoms with Crippen LogP contribution in [0.5, 0.6) is 11.5 Å². The third-order valence-corrected chi connectivity index (χ3v) is 3.58. The molecule has 2 rings (SSSR count). The van der Waals surface area contributed by atoms with Gasteiger partial charge in [-0.05, 0) is 71.5 Å². The number of rotatable bonds is 2. The fraction of sp³-hybridized carbons (Fsp3) is 0.0714. The summed E-state index contributed by atoms with van der Waals surface area (Å²) in [4.78, 5) is 12.0. The molecule has 0 aliphatic carbocycles. The predicted octanol–water partition coefficient (Wildman–Crippen LogP) is 3.26. The van der Waals surface area contributed by atoms with E-state index in [1.165, 1.54) is 12.1 Å². The van der Waals surface area contributed by atoms with Crippen LogP contribution in [-0.2, 0) is 0 Å². The summed E-state index contributed by atoms with van der Waals surface area (Å²) in [6.07, 6.45) is 0. The molecule has 1 amide bonds. The maximum atomic E-state index is 12.0. The molecule has 0 aromatic heterocycles. The third-order valence-electron chi connectivity index (χ3n) is 2.67. The van der Waals surface area contributed by atoms with Gasteiger partial charge in [0.15, 0.2) is 0 Å². The van der Waals surface area contributed by atoms with Crippen LogP contribution in [0.25, 0.3) is 0 Å². The average Bonchev–Trinajstić information content (AvgIpc) is 2.36. The molecule has 5 heteroatoms. The van der Waals surface area contributed by atoms with Crippen molar-refractivity contribution in [3.8, 4) is 11.5 Å². The molecule has 0 fully saturated rings. The standard InChI is InChI=1S/C14H12INO3/c1-8-6-10(17)3-5-12(8)16-14(19)9-2-4-11(15)13(18)7-9/h2-7,17-18H,1H3,(H,16,19). The number of hydrogen-bond acceptors (Lipinski definition) is 3. The molecule has 2 aromatic carbocycles. The SMILES string of the molecule is Cc1cc(O)ccc1NC(=O)c1ccc(I)c(O)c1. The number of phenols is 2. The Balaban J connectivity index is 2.23. The molecule has 19 heavy (non-hydrogen) atoms. The van der Waals surface area contributed by atoms with Crippen molar-refractivity contribution in [2.24, 2.45) is 0 Å². The normalized spacial score (nSPS) is 10.2. The zero-order valence-corrected chi connectivity index (χ0v) is 12.3. The monoisotopic (exact) mass is 369 g/mol. The summed E-state index contributed by atoms with van der Waals surface area (Å²) in [5.74, 6) is -0.0708. The number of anilines is 1. The van der Waals surface area contributed by atoms with Gasteiger partial charge in [-0.1, -0.05) is 0 Å². The maximum absolute atomic E-state index is 12.0. The van der Waals surface area contributed by atoms with Gasteiger partial charge in [-0.25, -0.2) is 0 Å². The highest BCUT2D eigenvalue weighted by Crippen LogP contribution is 2.23. The van der Waals surface area contributed by atoms with Crippen molar-refractivity contribution in [3.05, 3.63) is 51.1 Å².